The number of nitrogens with one attached hydrogen (secondary N) is 2. The van der Waals surface area contributed by atoms with E-state index in [1.54, 1.807) is 0 Å². The van der Waals surface area contributed by atoms with Crippen LogP contribution in [0.2, 0.25) is 0 Å². The molecule has 170 valence electrons. The van der Waals surface area contributed by atoms with Gasteiger partial charge in [0.25, 0.3) is 0 Å². The molecule has 2 heterocycles. The summed E-state index contributed by atoms with van der Waals surface area (Å²) in [5.41, 5.74) is 0.301. The van der Waals surface area contributed by atoms with E-state index in [1.807, 2.05) is 0 Å². The highest BCUT2D eigenvalue weighted by molar-refractivity contribution is 14.0. The lowest BCUT2D eigenvalue weighted by atomic mass is 9.95. The molecule has 2 aliphatic heterocycles. The van der Waals surface area contributed by atoms with E-state index < -0.39 is 0 Å². The molecule has 3 rings (SSSR count). The van der Waals surface area contributed by atoms with E-state index in [4.69, 9.17) is 14.5 Å². The van der Waals surface area contributed by atoms with Crippen molar-refractivity contribution >= 4 is 41.7 Å². The van der Waals surface area contributed by atoms with Gasteiger partial charge in [-0.05, 0) is 32.6 Å². The molecule has 8 heteroatoms. The number of ether oxygens (including phenoxy) is 2. The second kappa shape index (κ2) is 14.3. The van der Waals surface area contributed by atoms with Crippen LogP contribution in [-0.4, -0.2) is 87.1 Å². The van der Waals surface area contributed by atoms with Crippen LogP contribution < -0.4 is 10.6 Å². The fraction of sp³-hybridized carbons (Fsp3) is 0.952. The zero-order valence-electron chi connectivity index (χ0n) is 18.1. The molecule has 3 fully saturated rings. The molecule has 6 nitrogen and oxygen atoms in total. The van der Waals surface area contributed by atoms with Crippen LogP contribution in [0.25, 0.3) is 0 Å². The number of aliphatic imine (C=N–C) groups is 1. The highest BCUT2D eigenvalue weighted by Crippen LogP contribution is 2.37. The number of hydrogen-bond acceptors (Lipinski definition) is 5. The Balaban J connectivity index is 0.00000300. The standard InChI is InChI=1S/C21H40N4O2S.HI/c1-2-22-20(23-9-5-12-26-16-19-6-13-27-17-19)24-18-21(7-3-4-8-21)25-10-14-28-15-11-25;/h19H,2-18H2,1H3,(H2,22,23,24);1H. The predicted octanol–water partition coefficient (Wildman–Crippen LogP) is 2.96. The van der Waals surface area contributed by atoms with E-state index in [9.17, 15) is 0 Å². The van der Waals surface area contributed by atoms with Crippen molar-refractivity contribution in [2.24, 2.45) is 10.9 Å². The fourth-order valence-electron chi connectivity index (χ4n) is 4.56. The quantitative estimate of drug-likeness (QED) is 0.192. The number of guanidine groups is 1. The van der Waals surface area contributed by atoms with Crippen LogP contribution in [0.4, 0.5) is 0 Å². The summed E-state index contributed by atoms with van der Waals surface area (Å²) < 4.78 is 11.2. The summed E-state index contributed by atoms with van der Waals surface area (Å²) in [6, 6.07) is 0. The summed E-state index contributed by atoms with van der Waals surface area (Å²) in [6.45, 7) is 10.7. The van der Waals surface area contributed by atoms with E-state index in [-0.39, 0.29) is 24.0 Å². The van der Waals surface area contributed by atoms with Gasteiger partial charge in [0.15, 0.2) is 5.96 Å². The Labute approximate surface area is 198 Å². The van der Waals surface area contributed by atoms with Crippen molar-refractivity contribution < 1.29 is 9.47 Å². The topological polar surface area (TPSA) is 58.1 Å². The molecule has 1 aliphatic carbocycles. The van der Waals surface area contributed by atoms with Gasteiger partial charge in [0.1, 0.15) is 0 Å². The third kappa shape index (κ3) is 8.35. The number of thioether (sulfide) groups is 1. The SMILES string of the molecule is CCNC(=NCC1(N2CCSCC2)CCCC1)NCCCOCC1CCOC1.I. The Bertz CT molecular complexity index is 466. The lowest BCUT2D eigenvalue weighted by Gasteiger charge is -2.42. The number of halogens is 1. The highest BCUT2D eigenvalue weighted by Gasteiger charge is 2.39. The normalized spacial score (nSPS) is 25.0. The summed E-state index contributed by atoms with van der Waals surface area (Å²) in [5.74, 6) is 4.11. The Kier molecular flexibility index (Phi) is 12.6. The lowest BCUT2D eigenvalue weighted by Crippen LogP contribution is -2.53. The molecule has 2 N–H and O–H groups in total. The summed E-state index contributed by atoms with van der Waals surface area (Å²) in [6.07, 6.45) is 7.47. The van der Waals surface area contributed by atoms with Crippen molar-refractivity contribution in [1.82, 2.24) is 15.5 Å². The van der Waals surface area contributed by atoms with Gasteiger partial charge in [-0.15, -0.1) is 24.0 Å². The van der Waals surface area contributed by atoms with Crippen molar-refractivity contribution in [1.29, 1.82) is 0 Å². The summed E-state index contributed by atoms with van der Waals surface area (Å²) in [7, 11) is 0. The van der Waals surface area contributed by atoms with Crippen molar-refractivity contribution in [3.05, 3.63) is 0 Å². The molecule has 3 aliphatic rings. The van der Waals surface area contributed by atoms with Gasteiger partial charge in [0, 0.05) is 62.4 Å². The van der Waals surface area contributed by atoms with Crippen LogP contribution in [-0.2, 0) is 9.47 Å². The molecule has 0 bridgehead atoms. The third-order valence-electron chi connectivity index (χ3n) is 6.23. The van der Waals surface area contributed by atoms with Crippen LogP contribution in [0.5, 0.6) is 0 Å². The molecule has 0 radical (unpaired) electrons. The third-order valence-corrected chi connectivity index (χ3v) is 7.17. The van der Waals surface area contributed by atoms with Crippen LogP contribution >= 0.6 is 35.7 Å². The van der Waals surface area contributed by atoms with E-state index in [1.165, 1.54) is 50.3 Å². The van der Waals surface area contributed by atoms with Gasteiger partial charge in [-0.2, -0.15) is 11.8 Å². The molecule has 1 saturated carbocycles. The average molecular weight is 541 g/mol. The summed E-state index contributed by atoms with van der Waals surface area (Å²) in [4.78, 5) is 7.75. The van der Waals surface area contributed by atoms with Gasteiger partial charge in [0.05, 0.1) is 19.8 Å². The maximum absolute atomic E-state index is 5.81. The van der Waals surface area contributed by atoms with Crippen LogP contribution in [0, 0.1) is 5.92 Å². The second-order valence-corrected chi connectivity index (χ2v) is 9.54. The molecule has 0 spiro atoms. The molecule has 0 aromatic rings. The molecule has 2 saturated heterocycles. The molecule has 1 atom stereocenters. The van der Waals surface area contributed by atoms with Gasteiger partial charge in [0.2, 0.25) is 0 Å². The number of hydrogen-bond donors (Lipinski definition) is 2. The van der Waals surface area contributed by atoms with E-state index in [0.29, 0.717) is 11.5 Å². The zero-order valence-corrected chi connectivity index (χ0v) is 21.3. The monoisotopic (exact) mass is 540 g/mol. The van der Waals surface area contributed by atoms with Gasteiger partial charge in [-0.3, -0.25) is 9.89 Å². The minimum Gasteiger partial charge on any atom is -0.381 e. The van der Waals surface area contributed by atoms with Gasteiger partial charge in [-0.1, -0.05) is 12.8 Å². The summed E-state index contributed by atoms with van der Waals surface area (Å²) >= 11 is 2.09. The predicted molar refractivity (Wildman–Crippen MR) is 134 cm³/mol. The van der Waals surface area contributed by atoms with Crippen LogP contribution in [0.1, 0.15) is 45.4 Å². The minimum absolute atomic E-state index is 0. The Morgan fingerprint density at radius 3 is 2.72 bits per heavy atom. The first-order valence-corrected chi connectivity index (χ1v) is 12.5. The molecule has 0 aromatic heterocycles. The molecular formula is C21H41IN4O2S. The largest absolute Gasteiger partial charge is 0.381 e. The smallest absolute Gasteiger partial charge is 0.191 e. The molecule has 1 unspecified atom stereocenters. The Morgan fingerprint density at radius 2 is 2.03 bits per heavy atom. The first-order chi connectivity index (χ1) is 13.8. The number of rotatable bonds is 10. The van der Waals surface area contributed by atoms with E-state index >= 15 is 0 Å². The van der Waals surface area contributed by atoms with Crippen molar-refractivity contribution in [3.8, 4) is 0 Å². The Morgan fingerprint density at radius 1 is 1.24 bits per heavy atom. The first-order valence-electron chi connectivity index (χ1n) is 11.3. The Hall–Kier alpha value is 0.230. The fourth-order valence-corrected chi connectivity index (χ4v) is 5.46. The molecular weight excluding hydrogens is 499 g/mol. The lowest BCUT2D eigenvalue weighted by molar-refractivity contribution is 0.0887. The molecule has 0 amide bonds. The van der Waals surface area contributed by atoms with Gasteiger partial charge >= 0.3 is 0 Å². The number of nitrogens with zero attached hydrogens (tertiary/aromatic N) is 2. The average Bonchev–Trinajstić information content (AvgIpc) is 3.42. The highest BCUT2D eigenvalue weighted by atomic mass is 127. The van der Waals surface area contributed by atoms with Crippen molar-refractivity contribution in [3.63, 3.8) is 0 Å². The first kappa shape index (κ1) is 25.5. The van der Waals surface area contributed by atoms with Crippen LogP contribution in [0.15, 0.2) is 4.99 Å². The molecule has 29 heavy (non-hydrogen) atoms. The minimum atomic E-state index is 0. The molecule has 0 aromatic carbocycles. The van der Waals surface area contributed by atoms with Gasteiger partial charge in [-0.25, -0.2) is 0 Å². The summed E-state index contributed by atoms with van der Waals surface area (Å²) in [5, 5.41) is 6.93. The maximum atomic E-state index is 5.81. The van der Waals surface area contributed by atoms with Crippen LogP contribution in [0.3, 0.4) is 0 Å². The maximum Gasteiger partial charge on any atom is 0.191 e. The van der Waals surface area contributed by atoms with Crippen molar-refractivity contribution in [2.75, 3.05) is 70.7 Å². The van der Waals surface area contributed by atoms with E-state index in [0.717, 1.165) is 64.9 Å². The van der Waals surface area contributed by atoms with E-state index in [2.05, 4.69) is 34.2 Å². The second-order valence-electron chi connectivity index (χ2n) is 8.31. The van der Waals surface area contributed by atoms with Crippen molar-refractivity contribution in [2.45, 2.75) is 51.0 Å². The van der Waals surface area contributed by atoms with Gasteiger partial charge < -0.3 is 20.1 Å². The zero-order chi connectivity index (χ0) is 19.5.